The lowest BCUT2D eigenvalue weighted by atomic mass is 9.92. The van der Waals surface area contributed by atoms with Crippen molar-refractivity contribution >= 4 is 23.2 Å². The Labute approximate surface area is 146 Å². The molecule has 1 heterocycles. The first-order valence-electron chi connectivity index (χ1n) is 7.43. The van der Waals surface area contributed by atoms with Crippen LogP contribution in [-0.2, 0) is 17.5 Å². The number of carbonyl (C=O) groups excluding carboxylic acids is 1. The molecule has 2 aromatic rings. The van der Waals surface area contributed by atoms with Gasteiger partial charge in [0, 0.05) is 11.3 Å². The summed E-state index contributed by atoms with van der Waals surface area (Å²) < 4.78 is 39.1. The minimum atomic E-state index is -4.47. The summed E-state index contributed by atoms with van der Waals surface area (Å²) in [6.07, 6.45) is -4.56. The molecule has 1 aromatic carbocycles. The van der Waals surface area contributed by atoms with Crippen molar-refractivity contribution in [2.45, 2.75) is 32.0 Å². The number of nitrogens with one attached hydrogen (secondary N) is 1. The van der Waals surface area contributed by atoms with Crippen LogP contribution in [-0.4, -0.2) is 17.0 Å². The molecule has 134 valence electrons. The van der Waals surface area contributed by atoms with Crippen molar-refractivity contribution < 1.29 is 27.9 Å². The first-order valence-corrected chi connectivity index (χ1v) is 8.25. The Kier molecular flexibility index (Phi) is 5.84. The van der Waals surface area contributed by atoms with Gasteiger partial charge in [-0.05, 0) is 29.7 Å². The zero-order valence-electron chi connectivity index (χ0n) is 13.3. The number of hydrogen-bond acceptors (Lipinski definition) is 3. The molecule has 0 aliphatic heterocycles. The van der Waals surface area contributed by atoms with Gasteiger partial charge in [0.1, 0.15) is 4.88 Å². The smallest absolute Gasteiger partial charge is 0.416 e. The van der Waals surface area contributed by atoms with E-state index < -0.39 is 29.5 Å². The van der Waals surface area contributed by atoms with E-state index in [4.69, 9.17) is 5.11 Å². The Morgan fingerprint density at radius 3 is 2.48 bits per heavy atom. The topological polar surface area (TPSA) is 66.4 Å². The highest BCUT2D eigenvalue weighted by molar-refractivity contribution is 7.13. The van der Waals surface area contributed by atoms with Gasteiger partial charge < -0.3 is 10.4 Å². The molecule has 0 spiro atoms. The van der Waals surface area contributed by atoms with Crippen molar-refractivity contribution in [2.24, 2.45) is 0 Å². The molecule has 0 saturated carbocycles. The molecule has 2 N–H and O–H groups in total. The number of halogens is 3. The molecule has 0 radical (unpaired) electrons. The van der Waals surface area contributed by atoms with Crippen LogP contribution in [0.4, 0.5) is 13.2 Å². The first-order chi connectivity index (χ1) is 11.7. The van der Waals surface area contributed by atoms with Crippen molar-refractivity contribution in [3.8, 4) is 0 Å². The minimum Gasteiger partial charge on any atom is -0.477 e. The Morgan fingerprint density at radius 2 is 1.88 bits per heavy atom. The summed E-state index contributed by atoms with van der Waals surface area (Å²) in [5.74, 6) is -2.04. The fraction of sp³-hybridized carbons (Fsp3) is 0.294. The Bertz CT molecular complexity index is 770. The molecule has 4 nitrogen and oxygen atoms in total. The molecule has 0 saturated heterocycles. The van der Waals surface area contributed by atoms with E-state index in [0.29, 0.717) is 4.88 Å². The second-order valence-electron chi connectivity index (χ2n) is 5.54. The number of carboxylic acid groups (broad SMARTS) is 1. The zero-order valence-corrected chi connectivity index (χ0v) is 14.1. The molecule has 0 bridgehead atoms. The van der Waals surface area contributed by atoms with E-state index in [-0.39, 0.29) is 23.4 Å². The zero-order chi connectivity index (χ0) is 18.6. The van der Waals surface area contributed by atoms with E-state index in [1.165, 1.54) is 24.3 Å². The summed E-state index contributed by atoms with van der Waals surface area (Å²) in [6.45, 7) is 1.71. The average Bonchev–Trinajstić information content (AvgIpc) is 3.01. The number of benzene rings is 1. The highest BCUT2D eigenvalue weighted by Crippen LogP contribution is 2.35. The number of carbonyl (C=O) groups is 2. The van der Waals surface area contributed by atoms with Crippen molar-refractivity contribution in [3.63, 3.8) is 0 Å². The number of alkyl halides is 3. The van der Waals surface area contributed by atoms with Gasteiger partial charge in [0.2, 0.25) is 5.91 Å². The quantitative estimate of drug-likeness (QED) is 0.797. The van der Waals surface area contributed by atoms with Crippen LogP contribution in [0.25, 0.3) is 0 Å². The van der Waals surface area contributed by atoms with Gasteiger partial charge in [-0.3, -0.25) is 4.79 Å². The van der Waals surface area contributed by atoms with Crippen LogP contribution in [0.3, 0.4) is 0 Å². The van der Waals surface area contributed by atoms with Crippen molar-refractivity contribution in [2.75, 3.05) is 0 Å². The lowest BCUT2D eigenvalue weighted by molar-refractivity contribution is -0.138. The van der Waals surface area contributed by atoms with E-state index in [1.807, 2.05) is 0 Å². The normalized spacial score (nSPS) is 12.6. The predicted octanol–water partition coefficient (Wildman–Crippen LogP) is 4.28. The molecule has 1 unspecified atom stereocenters. The van der Waals surface area contributed by atoms with Crippen LogP contribution in [0.15, 0.2) is 36.4 Å². The second kappa shape index (κ2) is 7.69. The Hall–Kier alpha value is -2.35. The lowest BCUT2D eigenvalue weighted by Gasteiger charge is -2.18. The molecule has 2 rings (SSSR count). The van der Waals surface area contributed by atoms with Crippen LogP contribution >= 0.6 is 11.3 Å². The number of aromatic carboxylic acids is 1. The van der Waals surface area contributed by atoms with Crippen molar-refractivity contribution in [1.29, 1.82) is 0 Å². The molecular formula is C17H16F3NO3S. The third-order valence-electron chi connectivity index (χ3n) is 3.62. The SMILES string of the molecule is CC(CC(=O)NCc1ccc(C(=O)O)s1)c1ccccc1C(F)(F)F. The second-order valence-corrected chi connectivity index (χ2v) is 6.71. The van der Waals surface area contributed by atoms with Crippen molar-refractivity contribution in [1.82, 2.24) is 5.32 Å². The monoisotopic (exact) mass is 371 g/mol. The van der Waals surface area contributed by atoms with Crippen LogP contribution < -0.4 is 5.32 Å². The number of carboxylic acids is 1. The van der Waals surface area contributed by atoms with Gasteiger partial charge >= 0.3 is 12.1 Å². The van der Waals surface area contributed by atoms with Crippen LogP contribution in [0.1, 0.15) is 44.9 Å². The van der Waals surface area contributed by atoms with Crippen LogP contribution in [0, 0.1) is 0 Å². The number of rotatable bonds is 6. The van der Waals surface area contributed by atoms with Gasteiger partial charge in [0.25, 0.3) is 0 Å². The summed E-state index contributed by atoms with van der Waals surface area (Å²) in [4.78, 5) is 23.6. The molecular weight excluding hydrogens is 355 g/mol. The highest BCUT2D eigenvalue weighted by Gasteiger charge is 2.34. The van der Waals surface area contributed by atoms with E-state index in [2.05, 4.69) is 5.32 Å². The fourth-order valence-electron chi connectivity index (χ4n) is 2.42. The molecule has 0 aliphatic rings. The summed E-state index contributed by atoms with van der Waals surface area (Å²) in [7, 11) is 0. The molecule has 25 heavy (non-hydrogen) atoms. The molecule has 1 atom stereocenters. The molecule has 0 aliphatic carbocycles. The first kappa shape index (κ1) is 19.0. The maximum Gasteiger partial charge on any atom is 0.416 e. The summed E-state index contributed by atoms with van der Waals surface area (Å²) in [5, 5.41) is 11.5. The van der Waals surface area contributed by atoms with Crippen LogP contribution in [0.2, 0.25) is 0 Å². The highest BCUT2D eigenvalue weighted by atomic mass is 32.1. The van der Waals surface area contributed by atoms with Crippen molar-refractivity contribution in [3.05, 3.63) is 57.3 Å². The van der Waals surface area contributed by atoms with E-state index in [1.54, 1.807) is 13.0 Å². The fourth-order valence-corrected chi connectivity index (χ4v) is 3.20. The third-order valence-corrected chi connectivity index (χ3v) is 4.69. The number of amides is 1. The van der Waals surface area contributed by atoms with E-state index in [9.17, 15) is 22.8 Å². The Morgan fingerprint density at radius 1 is 1.20 bits per heavy atom. The van der Waals surface area contributed by atoms with Gasteiger partial charge in [0.05, 0.1) is 12.1 Å². The predicted molar refractivity (Wildman–Crippen MR) is 87.6 cm³/mol. The van der Waals surface area contributed by atoms with Gasteiger partial charge in [-0.25, -0.2) is 4.79 Å². The molecule has 1 aromatic heterocycles. The maximum atomic E-state index is 13.0. The molecule has 1 amide bonds. The summed E-state index contributed by atoms with van der Waals surface area (Å²) >= 11 is 1.04. The summed E-state index contributed by atoms with van der Waals surface area (Å²) in [6, 6.07) is 8.24. The largest absolute Gasteiger partial charge is 0.477 e. The maximum absolute atomic E-state index is 13.0. The third kappa shape index (κ3) is 5.06. The minimum absolute atomic E-state index is 0.0782. The van der Waals surface area contributed by atoms with Gasteiger partial charge in [-0.2, -0.15) is 13.2 Å². The molecule has 8 heteroatoms. The van der Waals surface area contributed by atoms with Crippen LogP contribution in [0.5, 0.6) is 0 Å². The van der Waals surface area contributed by atoms with E-state index >= 15 is 0 Å². The standard InChI is InChI=1S/C17H16F3NO3S/c1-10(12-4-2-3-5-13(12)17(18,19)20)8-15(22)21-9-11-6-7-14(25-11)16(23)24/h2-7,10H,8-9H2,1H3,(H,21,22)(H,23,24). The Balaban J connectivity index is 1.97. The van der Waals surface area contributed by atoms with Gasteiger partial charge in [-0.15, -0.1) is 11.3 Å². The molecule has 0 fully saturated rings. The number of thiophene rings is 1. The summed E-state index contributed by atoms with van der Waals surface area (Å²) in [5.41, 5.74) is -0.658. The lowest BCUT2D eigenvalue weighted by Crippen LogP contribution is -2.24. The van der Waals surface area contributed by atoms with E-state index in [0.717, 1.165) is 17.4 Å². The van der Waals surface area contributed by atoms with Gasteiger partial charge in [0.15, 0.2) is 0 Å². The number of hydrogen-bond donors (Lipinski definition) is 2. The van der Waals surface area contributed by atoms with Gasteiger partial charge in [-0.1, -0.05) is 25.1 Å². The average molecular weight is 371 g/mol.